The normalized spacial score (nSPS) is 12.1. The Morgan fingerprint density at radius 1 is 1.23 bits per heavy atom. The maximum absolute atomic E-state index is 13.4. The van der Waals surface area contributed by atoms with Crippen molar-refractivity contribution in [3.8, 4) is 5.75 Å². The lowest BCUT2D eigenvalue weighted by molar-refractivity contribution is -0.139. The molecule has 0 aliphatic rings. The predicted octanol–water partition coefficient (Wildman–Crippen LogP) is 4.69. The fourth-order valence-electron chi connectivity index (χ4n) is 1.92. The van der Waals surface area contributed by atoms with E-state index in [4.69, 9.17) is 9.26 Å². The number of nitrogens with one attached hydrogen (secondary N) is 1. The summed E-state index contributed by atoms with van der Waals surface area (Å²) < 4.78 is 60.1. The number of anilines is 1. The molecule has 1 aromatic heterocycles. The van der Waals surface area contributed by atoms with Crippen LogP contribution in [0.4, 0.5) is 23.2 Å². The lowest BCUT2D eigenvalue weighted by Gasteiger charge is -2.13. The zero-order chi connectivity index (χ0) is 19.5. The van der Waals surface area contributed by atoms with Gasteiger partial charge in [0.05, 0.1) is 18.7 Å². The summed E-state index contributed by atoms with van der Waals surface area (Å²) in [5.74, 6) is -1.08. The molecule has 0 radical (unpaired) electrons. The molecule has 0 saturated heterocycles. The van der Waals surface area contributed by atoms with E-state index < -0.39 is 30.9 Å². The molecular formula is C17H18F4N2O3. The van der Waals surface area contributed by atoms with Gasteiger partial charge in [-0.25, -0.2) is 4.39 Å². The Kier molecular flexibility index (Phi) is 5.58. The summed E-state index contributed by atoms with van der Waals surface area (Å²) in [6, 6.07) is 4.61. The van der Waals surface area contributed by atoms with Gasteiger partial charge in [-0.05, 0) is 12.1 Å². The molecular weight excluding hydrogens is 356 g/mol. The van der Waals surface area contributed by atoms with Crippen LogP contribution in [-0.4, -0.2) is 23.8 Å². The number of hydrogen-bond acceptors (Lipinski definition) is 4. The van der Waals surface area contributed by atoms with Gasteiger partial charge in [0.1, 0.15) is 17.3 Å². The quantitative estimate of drug-likeness (QED) is 0.771. The van der Waals surface area contributed by atoms with Crippen molar-refractivity contribution in [1.29, 1.82) is 0 Å². The van der Waals surface area contributed by atoms with Crippen LogP contribution in [0.2, 0.25) is 0 Å². The Hall–Kier alpha value is -2.58. The van der Waals surface area contributed by atoms with Crippen molar-refractivity contribution in [1.82, 2.24) is 5.16 Å². The van der Waals surface area contributed by atoms with Gasteiger partial charge >= 0.3 is 6.18 Å². The molecule has 0 spiro atoms. The van der Waals surface area contributed by atoms with Crippen LogP contribution in [-0.2, 0) is 5.41 Å². The molecule has 142 valence electrons. The molecule has 0 bridgehead atoms. The van der Waals surface area contributed by atoms with Gasteiger partial charge in [0, 0.05) is 17.5 Å². The van der Waals surface area contributed by atoms with Crippen molar-refractivity contribution in [3.63, 3.8) is 0 Å². The number of amides is 1. The van der Waals surface area contributed by atoms with Gasteiger partial charge in [0.2, 0.25) is 0 Å². The van der Waals surface area contributed by atoms with Crippen LogP contribution in [0.3, 0.4) is 0 Å². The first-order valence-corrected chi connectivity index (χ1v) is 7.73. The summed E-state index contributed by atoms with van der Waals surface area (Å²) in [5.41, 5.74) is -0.341. The topological polar surface area (TPSA) is 64.4 Å². The lowest BCUT2D eigenvalue weighted by Crippen LogP contribution is -2.16. The van der Waals surface area contributed by atoms with Crippen molar-refractivity contribution in [3.05, 3.63) is 41.5 Å². The number of halogens is 4. The van der Waals surface area contributed by atoms with Crippen LogP contribution in [0.1, 0.15) is 43.4 Å². The van der Waals surface area contributed by atoms with Gasteiger partial charge in [-0.2, -0.15) is 13.2 Å². The van der Waals surface area contributed by atoms with Crippen molar-refractivity contribution in [2.45, 2.75) is 38.8 Å². The smallest absolute Gasteiger partial charge is 0.392 e. The first kappa shape index (κ1) is 19.7. The Labute approximate surface area is 147 Å². The first-order chi connectivity index (χ1) is 12.0. The van der Waals surface area contributed by atoms with E-state index in [0.29, 0.717) is 5.76 Å². The summed E-state index contributed by atoms with van der Waals surface area (Å²) in [7, 11) is 0. The van der Waals surface area contributed by atoms with Crippen LogP contribution in [0.15, 0.2) is 28.8 Å². The third-order valence-corrected chi connectivity index (χ3v) is 3.32. The monoisotopic (exact) mass is 374 g/mol. The SMILES string of the molecule is CC(C)(C)c1cc(C(=O)Nc2ccc(F)cc2OCCC(F)(F)F)no1. The molecule has 5 nitrogen and oxygen atoms in total. The van der Waals surface area contributed by atoms with E-state index in [1.54, 1.807) is 0 Å². The number of hydrogen-bond donors (Lipinski definition) is 1. The Morgan fingerprint density at radius 2 is 1.92 bits per heavy atom. The Morgan fingerprint density at radius 3 is 2.50 bits per heavy atom. The third kappa shape index (κ3) is 5.47. The van der Waals surface area contributed by atoms with E-state index in [0.717, 1.165) is 12.1 Å². The number of carbonyl (C=O) groups is 1. The summed E-state index contributed by atoms with van der Waals surface area (Å²) in [6.45, 7) is 4.93. The van der Waals surface area contributed by atoms with Gasteiger partial charge in [-0.3, -0.25) is 4.79 Å². The summed E-state index contributed by atoms with van der Waals surface area (Å²) in [4.78, 5) is 12.3. The van der Waals surface area contributed by atoms with Crippen LogP contribution in [0, 0.1) is 5.82 Å². The highest BCUT2D eigenvalue weighted by atomic mass is 19.4. The van der Waals surface area contributed by atoms with Crippen molar-refractivity contribution < 1.29 is 31.6 Å². The van der Waals surface area contributed by atoms with E-state index in [1.165, 1.54) is 12.1 Å². The molecule has 0 aliphatic carbocycles. The number of nitrogens with zero attached hydrogens (tertiary/aromatic N) is 1. The number of rotatable bonds is 5. The molecule has 1 N–H and O–H groups in total. The van der Waals surface area contributed by atoms with Crippen LogP contribution in [0.5, 0.6) is 5.75 Å². The van der Waals surface area contributed by atoms with Gasteiger partial charge in [-0.1, -0.05) is 25.9 Å². The zero-order valence-corrected chi connectivity index (χ0v) is 14.4. The number of benzene rings is 1. The largest absolute Gasteiger partial charge is 0.491 e. The van der Waals surface area contributed by atoms with E-state index in [9.17, 15) is 22.4 Å². The summed E-state index contributed by atoms with van der Waals surface area (Å²) >= 11 is 0. The molecule has 2 aromatic rings. The highest BCUT2D eigenvalue weighted by Gasteiger charge is 2.27. The second kappa shape index (κ2) is 7.35. The average molecular weight is 374 g/mol. The molecule has 2 rings (SSSR count). The Bertz CT molecular complexity index is 779. The van der Waals surface area contributed by atoms with Crippen LogP contribution < -0.4 is 10.1 Å². The van der Waals surface area contributed by atoms with E-state index >= 15 is 0 Å². The van der Waals surface area contributed by atoms with Gasteiger partial charge in [0.25, 0.3) is 5.91 Å². The predicted molar refractivity (Wildman–Crippen MR) is 85.7 cm³/mol. The third-order valence-electron chi connectivity index (χ3n) is 3.32. The molecule has 9 heteroatoms. The van der Waals surface area contributed by atoms with Gasteiger partial charge < -0.3 is 14.6 Å². The van der Waals surface area contributed by atoms with Crippen LogP contribution in [0.25, 0.3) is 0 Å². The summed E-state index contributed by atoms with van der Waals surface area (Å²) in [6.07, 6.45) is -5.60. The standard InChI is InChI=1S/C17H18F4N2O3/c1-16(2,3)14-9-12(23-26-14)15(24)22-11-5-4-10(18)8-13(11)25-7-6-17(19,20)21/h4-5,8-9H,6-7H2,1-3H3,(H,22,24). The van der Waals surface area contributed by atoms with Crippen molar-refractivity contribution in [2.24, 2.45) is 0 Å². The minimum atomic E-state index is -4.40. The summed E-state index contributed by atoms with van der Waals surface area (Å²) in [5, 5.41) is 6.10. The Balaban J connectivity index is 2.13. The molecule has 0 aliphatic heterocycles. The van der Waals surface area contributed by atoms with Gasteiger partial charge in [0.15, 0.2) is 5.69 Å². The first-order valence-electron chi connectivity index (χ1n) is 7.73. The van der Waals surface area contributed by atoms with E-state index in [1.807, 2.05) is 20.8 Å². The molecule has 1 amide bonds. The molecule has 1 aromatic carbocycles. The van der Waals surface area contributed by atoms with Gasteiger partial charge in [-0.15, -0.1) is 0 Å². The highest BCUT2D eigenvalue weighted by Crippen LogP contribution is 2.28. The fourth-order valence-corrected chi connectivity index (χ4v) is 1.92. The molecule has 1 heterocycles. The average Bonchev–Trinajstić information content (AvgIpc) is 2.98. The van der Waals surface area contributed by atoms with Crippen molar-refractivity contribution in [2.75, 3.05) is 11.9 Å². The molecule has 0 unspecified atom stereocenters. The second-order valence-electron chi connectivity index (χ2n) is 6.63. The lowest BCUT2D eigenvalue weighted by atomic mass is 9.93. The van der Waals surface area contributed by atoms with Crippen molar-refractivity contribution >= 4 is 11.6 Å². The number of aromatic nitrogens is 1. The molecule has 0 fully saturated rings. The minimum absolute atomic E-state index is 0.0134. The molecule has 26 heavy (non-hydrogen) atoms. The second-order valence-corrected chi connectivity index (χ2v) is 6.63. The maximum atomic E-state index is 13.4. The fraction of sp³-hybridized carbons (Fsp3) is 0.412. The van der Waals surface area contributed by atoms with E-state index in [2.05, 4.69) is 10.5 Å². The molecule has 0 atom stereocenters. The number of ether oxygens (including phenoxy) is 1. The minimum Gasteiger partial charge on any atom is -0.491 e. The zero-order valence-electron chi connectivity index (χ0n) is 14.4. The maximum Gasteiger partial charge on any atom is 0.392 e. The highest BCUT2D eigenvalue weighted by molar-refractivity contribution is 6.03. The molecule has 0 saturated carbocycles. The van der Waals surface area contributed by atoms with E-state index in [-0.39, 0.29) is 22.5 Å². The number of alkyl halides is 3. The van der Waals surface area contributed by atoms with Crippen LogP contribution >= 0.6 is 0 Å². The number of carbonyl (C=O) groups excluding carboxylic acids is 1.